The van der Waals surface area contributed by atoms with Crippen molar-refractivity contribution in [3.8, 4) is 56.2 Å². The van der Waals surface area contributed by atoms with Crippen LogP contribution in [0.5, 0.6) is 0 Å². The first-order chi connectivity index (χ1) is 25.8. The summed E-state index contributed by atoms with van der Waals surface area (Å²) in [7, 11) is 0. The summed E-state index contributed by atoms with van der Waals surface area (Å²) in [4.78, 5) is 14.8. The van der Waals surface area contributed by atoms with Crippen molar-refractivity contribution in [2.24, 2.45) is 0 Å². The molecule has 52 heavy (non-hydrogen) atoms. The third kappa shape index (κ3) is 5.19. The van der Waals surface area contributed by atoms with Crippen molar-refractivity contribution in [1.82, 2.24) is 15.0 Å². The van der Waals surface area contributed by atoms with E-state index in [9.17, 15) is 0 Å². The number of pyridine rings is 1. The molecule has 0 aliphatic carbocycles. The molecule has 10 aromatic rings. The third-order valence-electron chi connectivity index (χ3n) is 10.1. The Morgan fingerprint density at radius 3 is 1.48 bits per heavy atom. The monoisotopic (exact) mass is 661 g/mol. The van der Waals surface area contributed by atoms with Gasteiger partial charge in [-0.2, -0.15) is 0 Å². The van der Waals surface area contributed by atoms with Gasteiger partial charge in [0.25, 0.3) is 0 Å². The van der Waals surface area contributed by atoms with Crippen molar-refractivity contribution < 1.29 is 0 Å². The van der Waals surface area contributed by atoms with Gasteiger partial charge in [-0.15, -0.1) is 0 Å². The molecule has 3 nitrogen and oxygen atoms in total. The predicted octanol–water partition coefficient (Wildman–Crippen LogP) is 12.8. The highest BCUT2D eigenvalue weighted by atomic mass is 14.9. The second kappa shape index (κ2) is 12.4. The zero-order valence-corrected chi connectivity index (χ0v) is 28.2. The molecule has 0 saturated heterocycles. The van der Waals surface area contributed by atoms with Crippen molar-refractivity contribution in [1.29, 1.82) is 0 Å². The van der Waals surface area contributed by atoms with Crippen molar-refractivity contribution in [3.63, 3.8) is 0 Å². The van der Waals surface area contributed by atoms with Crippen LogP contribution in [0.3, 0.4) is 0 Å². The van der Waals surface area contributed by atoms with E-state index in [2.05, 4.69) is 163 Å². The molecular formula is C49H31N3. The van der Waals surface area contributed by atoms with Crippen LogP contribution in [0.4, 0.5) is 0 Å². The molecule has 3 heteroatoms. The second-order valence-electron chi connectivity index (χ2n) is 13.2. The topological polar surface area (TPSA) is 38.7 Å². The van der Waals surface area contributed by atoms with Gasteiger partial charge in [0.1, 0.15) is 0 Å². The fourth-order valence-corrected chi connectivity index (χ4v) is 7.54. The smallest absolute Gasteiger partial charge is 0.160 e. The highest BCUT2D eigenvalue weighted by Gasteiger charge is 2.13. The maximum absolute atomic E-state index is 5.09. The Morgan fingerprint density at radius 2 is 0.827 bits per heavy atom. The summed E-state index contributed by atoms with van der Waals surface area (Å²) >= 11 is 0. The van der Waals surface area contributed by atoms with Gasteiger partial charge in [-0.1, -0.05) is 164 Å². The van der Waals surface area contributed by atoms with Crippen molar-refractivity contribution in [2.75, 3.05) is 0 Å². The van der Waals surface area contributed by atoms with E-state index in [1.807, 2.05) is 30.5 Å². The van der Waals surface area contributed by atoms with Gasteiger partial charge >= 0.3 is 0 Å². The van der Waals surface area contributed by atoms with E-state index in [1.54, 1.807) is 0 Å². The Kier molecular flexibility index (Phi) is 7.14. The Hall–Kier alpha value is -6.97. The number of fused-ring (bicyclic) bond motifs is 7. The molecule has 0 bridgehead atoms. The fraction of sp³-hybridized carbons (Fsp3) is 0. The van der Waals surface area contributed by atoms with E-state index in [0.29, 0.717) is 5.82 Å². The quantitative estimate of drug-likeness (QED) is 0.172. The minimum atomic E-state index is 0.702. The average molecular weight is 662 g/mol. The van der Waals surface area contributed by atoms with Crippen molar-refractivity contribution >= 4 is 43.2 Å². The van der Waals surface area contributed by atoms with Crippen LogP contribution in [0, 0.1) is 0 Å². The first kappa shape index (κ1) is 29.9. The molecule has 0 spiro atoms. The lowest BCUT2D eigenvalue weighted by Gasteiger charge is -2.13. The highest BCUT2D eigenvalue weighted by molar-refractivity contribution is 6.25. The molecular weight excluding hydrogens is 631 g/mol. The third-order valence-corrected chi connectivity index (χ3v) is 10.1. The van der Waals surface area contributed by atoms with E-state index in [-0.39, 0.29) is 0 Å². The first-order valence-electron chi connectivity index (χ1n) is 17.6. The minimum absolute atomic E-state index is 0.702. The Labute approximate surface area is 301 Å². The maximum Gasteiger partial charge on any atom is 0.160 e. The molecule has 8 aromatic carbocycles. The second-order valence-corrected chi connectivity index (χ2v) is 13.2. The summed E-state index contributed by atoms with van der Waals surface area (Å²) in [5.74, 6) is 0.702. The van der Waals surface area contributed by atoms with Crippen molar-refractivity contribution in [3.05, 3.63) is 188 Å². The van der Waals surface area contributed by atoms with Gasteiger partial charge in [0.2, 0.25) is 0 Å². The summed E-state index contributed by atoms with van der Waals surface area (Å²) in [5, 5.41) is 8.81. The van der Waals surface area contributed by atoms with E-state index in [0.717, 1.165) is 50.1 Å². The summed E-state index contributed by atoms with van der Waals surface area (Å²) in [5.41, 5.74) is 10.4. The largest absolute Gasteiger partial charge is 0.256 e. The number of rotatable bonds is 5. The molecule has 0 N–H and O–H groups in total. The van der Waals surface area contributed by atoms with Gasteiger partial charge in [-0.3, -0.25) is 4.98 Å². The Balaban J connectivity index is 1.04. The molecule has 0 aliphatic heterocycles. The Bertz CT molecular complexity index is 2890. The van der Waals surface area contributed by atoms with Crippen LogP contribution in [0.1, 0.15) is 0 Å². The highest BCUT2D eigenvalue weighted by Crippen LogP contribution is 2.38. The van der Waals surface area contributed by atoms with Gasteiger partial charge in [-0.25, -0.2) is 9.97 Å². The van der Waals surface area contributed by atoms with Gasteiger partial charge in [0.05, 0.1) is 16.9 Å². The summed E-state index contributed by atoms with van der Waals surface area (Å²) < 4.78 is 0. The summed E-state index contributed by atoms with van der Waals surface area (Å²) in [6.07, 6.45) is 1.85. The normalized spacial score (nSPS) is 11.5. The van der Waals surface area contributed by atoms with Crippen molar-refractivity contribution in [2.45, 2.75) is 0 Å². The minimum Gasteiger partial charge on any atom is -0.256 e. The predicted molar refractivity (Wildman–Crippen MR) is 217 cm³/mol. The van der Waals surface area contributed by atoms with Crippen LogP contribution < -0.4 is 0 Å². The zero-order valence-electron chi connectivity index (χ0n) is 28.2. The molecule has 10 rings (SSSR count). The number of hydrogen-bond donors (Lipinski definition) is 0. The average Bonchev–Trinajstić information content (AvgIpc) is 3.23. The Morgan fingerprint density at radius 1 is 0.308 bits per heavy atom. The molecule has 0 aliphatic rings. The number of aromatic nitrogens is 3. The molecule has 2 heterocycles. The van der Waals surface area contributed by atoms with Crippen LogP contribution >= 0.6 is 0 Å². The lowest BCUT2D eigenvalue weighted by atomic mass is 9.92. The van der Waals surface area contributed by atoms with Gasteiger partial charge < -0.3 is 0 Å². The first-order valence-corrected chi connectivity index (χ1v) is 17.6. The number of benzene rings is 8. The molecule has 2 aromatic heterocycles. The van der Waals surface area contributed by atoms with Crippen LogP contribution in [-0.2, 0) is 0 Å². The van der Waals surface area contributed by atoms with Gasteiger partial charge in [-0.05, 0) is 67.2 Å². The maximum atomic E-state index is 5.09. The van der Waals surface area contributed by atoms with Crippen LogP contribution in [0.15, 0.2) is 188 Å². The van der Waals surface area contributed by atoms with E-state index < -0.39 is 0 Å². The molecule has 0 radical (unpaired) electrons. The van der Waals surface area contributed by atoms with E-state index >= 15 is 0 Å². The lowest BCUT2D eigenvalue weighted by Crippen LogP contribution is -1.96. The SMILES string of the molecule is c1ccc(-c2nc(-c3ccc(-c4ccc5c6ccccc6c6ccccc6c5c4)cc3)cc(-c3ccc(-c4cccc5cccnc45)cc3)n2)cc1. The standard InChI is InChI=1S/C49H31N3/c1-2-10-37(11-3-1)49-51-46(31-47(52-49)35-25-21-33(22-26-35)39-18-8-12-36-13-9-29-50-48(36)39)34-23-19-32(20-24-34)38-27-28-44-42-16-5-4-14-40(42)41-15-6-7-17-43(41)45(44)30-38/h1-31H. The molecule has 242 valence electrons. The molecule has 0 unspecified atom stereocenters. The van der Waals surface area contributed by atoms with Crippen LogP contribution in [0.25, 0.3) is 99.4 Å². The molecule has 0 saturated carbocycles. The number of nitrogens with zero attached hydrogens (tertiary/aromatic N) is 3. The summed E-state index contributed by atoms with van der Waals surface area (Å²) in [6.45, 7) is 0. The number of para-hydroxylation sites is 1. The van der Waals surface area contributed by atoms with Crippen LogP contribution in [0.2, 0.25) is 0 Å². The van der Waals surface area contributed by atoms with E-state index in [1.165, 1.54) is 43.4 Å². The fourth-order valence-electron chi connectivity index (χ4n) is 7.54. The molecule has 0 fully saturated rings. The lowest BCUT2D eigenvalue weighted by molar-refractivity contribution is 1.18. The zero-order chi connectivity index (χ0) is 34.4. The van der Waals surface area contributed by atoms with Crippen LogP contribution in [-0.4, -0.2) is 15.0 Å². The van der Waals surface area contributed by atoms with E-state index in [4.69, 9.17) is 9.97 Å². The molecule has 0 atom stereocenters. The number of hydrogen-bond acceptors (Lipinski definition) is 3. The summed E-state index contributed by atoms with van der Waals surface area (Å²) in [6, 6.07) is 64.4. The molecule has 0 amide bonds. The van der Waals surface area contributed by atoms with Gasteiger partial charge in [0, 0.05) is 33.8 Å². The van der Waals surface area contributed by atoms with Gasteiger partial charge in [0.15, 0.2) is 5.82 Å².